The first-order valence-corrected chi connectivity index (χ1v) is 6.52. The van der Waals surface area contributed by atoms with Gasteiger partial charge in [-0.3, -0.25) is 4.79 Å². The molecule has 0 radical (unpaired) electrons. The molecule has 7 nitrogen and oxygen atoms in total. The molecule has 0 aliphatic carbocycles. The van der Waals surface area contributed by atoms with Crippen molar-refractivity contribution in [1.29, 1.82) is 0 Å². The van der Waals surface area contributed by atoms with Crippen LogP contribution in [-0.4, -0.2) is 33.5 Å². The maximum Gasteiger partial charge on any atom is 0.338 e. The smallest absolute Gasteiger partial charge is 0.338 e. The molecule has 1 amide bonds. The Morgan fingerprint density at radius 3 is 2.57 bits per heavy atom. The zero-order valence-electron chi connectivity index (χ0n) is 11.9. The molecule has 1 aromatic carbocycles. The fourth-order valence-corrected chi connectivity index (χ4v) is 1.71. The van der Waals surface area contributed by atoms with Crippen molar-refractivity contribution in [2.24, 2.45) is 0 Å². The number of hydrogen-bond donors (Lipinski definition) is 1. The lowest BCUT2D eigenvalue weighted by Gasteiger charge is -2.07. The summed E-state index contributed by atoms with van der Waals surface area (Å²) in [7, 11) is 0. The minimum Gasteiger partial charge on any atom is -0.462 e. The van der Waals surface area contributed by atoms with Crippen molar-refractivity contribution in [2.75, 3.05) is 11.9 Å². The van der Waals surface area contributed by atoms with E-state index in [9.17, 15) is 9.59 Å². The van der Waals surface area contributed by atoms with Crippen LogP contribution in [0.5, 0.6) is 0 Å². The number of esters is 1. The molecule has 1 aromatic heterocycles. The van der Waals surface area contributed by atoms with Gasteiger partial charge in [0, 0.05) is 5.69 Å². The minimum atomic E-state index is -0.381. The van der Waals surface area contributed by atoms with Crippen LogP contribution in [0.2, 0.25) is 0 Å². The van der Waals surface area contributed by atoms with Gasteiger partial charge in [0.1, 0.15) is 6.54 Å². The first kappa shape index (κ1) is 14.7. The molecule has 2 rings (SSSR count). The second-order valence-corrected chi connectivity index (χ2v) is 4.38. The number of nitrogens with one attached hydrogen (secondary N) is 1. The highest BCUT2D eigenvalue weighted by Crippen LogP contribution is 2.10. The van der Waals surface area contributed by atoms with Crippen molar-refractivity contribution in [1.82, 2.24) is 15.0 Å². The zero-order chi connectivity index (χ0) is 15.2. The summed E-state index contributed by atoms with van der Waals surface area (Å²) in [6, 6.07) is 6.51. The molecular weight excluding hydrogens is 272 g/mol. The van der Waals surface area contributed by atoms with Gasteiger partial charge in [0.05, 0.1) is 24.1 Å². The highest BCUT2D eigenvalue weighted by atomic mass is 16.5. The van der Waals surface area contributed by atoms with Gasteiger partial charge in [-0.05, 0) is 38.1 Å². The van der Waals surface area contributed by atoms with Crippen LogP contribution >= 0.6 is 0 Å². The van der Waals surface area contributed by atoms with Gasteiger partial charge in [-0.25, -0.2) is 9.48 Å². The van der Waals surface area contributed by atoms with E-state index >= 15 is 0 Å². The lowest BCUT2D eigenvalue weighted by molar-refractivity contribution is -0.117. The van der Waals surface area contributed by atoms with Crippen LogP contribution in [0.4, 0.5) is 5.69 Å². The molecule has 1 N–H and O–H groups in total. The molecule has 0 spiro atoms. The van der Waals surface area contributed by atoms with Crippen LogP contribution in [0.1, 0.15) is 23.0 Å². The fraction of sp³-hybridized carbons (Fsp3) is 0.286. The number of hydrogen-bond acceptors (Lipinski definition) is 5. The van der Waals surface area contributed by atoms with Gasteiger partial charge in [-0.1, -0.05) is 5.21 Å². The number of nitrogens with zero attached hydrogens (tertiary/aromatic N) is 3. The molecule has 0 atom stereocenters. The van der Waals surface area contributed by atoms with Crippen molar-refractivity contribution in [3.63, 3.8) is 0 Å². The third kappa shape index (κ3) is 3.88. The van der Waals surface area contributed by atoms with E-state index in [0.717, 1.165) is 5.69 Å². The Balaban J connectivity index is 1.95. The lowest BCUT2D eigenvalue weighted by atomic mass is 10.2. The van der Waals surface area contributed by atoms with Crippen LogP contribution in [0.25, 0.3) is 0 Å². The average Bonchev–Trinajstić information content (AvgIpc) is 2.85. The summed E-state index contributed by atoms with van der Waals surface area (Å²) in [6.45, 7) is 3.99. The van der Waals surface area contributed by atoms with Gasteiger partial charge >= 0.3 is 5.97 Å². The highest BCUT2D eigenvalue weighted by molar-refractivity contribution is 5.92. The summed E-state index contributed by atoms with van der Waals surface area (Å²) in [5.74, 6) is -0.596. The molecule has 1 heterocycles. The van der Waals surface area contributed by atoms with Crippen molar-refractivity contribution in [2.45, 2.75) is 20.4 Å². The number of amides is 1. The number of anilines is 1. The topological polar surface area (TPSA) is 86.1 Å². The van der Waals surface area contributed by atoms with Gasteiger partial charge in [0.15, 0.2) is 0 Å². The van der Waals surface area contributed by atoms with E-state index in [2.05, 4.69) is 15.6 Å². The van der Waals surface area contributed by atoms with Crippen LogP contribution in [0.15, 0.2) is 30.5 Å². The molecule has 2 aromatic rings. The van der Waals surface area contributed by atoms with E-state index in [-0.39, 0.29) is 18.4 Å². The molecule has 0 unspecified atom stereocenters. The molecule has 0 aliphatic heterocycles. The van der Waals surface area contributed by atoms with Crippen molar-refractivity contribution in [3.8, 4) is 0 Å². The molecule has 0 bridgehead atoms. The average molecular weight is 288 g/mol. The van der Waals surface area contributed by atoms with Crippen LogP contribution in [-0.2, 0) is 16.1 Å². The molecule has 0 saturated carbocycles. The van der Waals surface area contributed by atoms with E-state index in [1.807, 2.05) is 6.92 Å². The number of benzene rings is 1. The Bertz CT molecular complexity index is 634. The van der Waals surface area contributed by atoms with E-state index < -0.39 is 0 Å². The predicted molar refractivity (Wildman–Crippen MR) is 75.8 cm³/mol. The number of carbonyl (C=O) groups is 2. The van der Waals surface area contributed by atoms with E-state index in [1.54, 1.807) is 37.4 Å². The standard InChI is InChI=1S/C14H16N4O3/c1-3-21-14(20)11-4-6-12(7-5-11)16-13(19)9-18-10(2)8-15-17-18/h4-8H,3,9H2,1-2H3,(H,16,19). The van der Waals surface area contributed by atoms with Crippen LogP contribution in [0.3, 0.4) is 0 Å². The summed E-state index contributed by atoms with van der Waals surface area (Å²) in [5.41, 5.74) is 1.86. The van der Waals surface area contributed by atoms with Crippen molar-refractivity contribution >= 4 is 17.6 Å². The summed E-state index contributed by atoms with van der Waals surface area (Å²) in [4.78, 5) is 23.4. The van der Waals surface area contributed by atoms with Crippen molar-refractivity contribution in [3.05, 3.63) is 41.7 Å². The second kappa shape index (κ2) is 6.65. The van der Waals surface area contributed by atoms with Crippen molar-refractivity contribution < 1.29 is 14.3 Å². The maximum atomic E-state index is 11.9. The summed E-state index contributed by atoms with van der Waals surface area (Å²) >= 11 is 0. The normalized spacial score (nSPS) is 10.2. The largest absolute Gasteiger partial charge is 0.462 e. The second-order valence-electron chi connectivity index (χ2n) is 4.38. The monoisotopic (exact) mass is 288 g/mol. The first-order valence-electron chi connectivity index (χ1n) is 6.52. The molecule has 0 aliphatic rings. The van der Waals surface area contributed by atoms with E-state index in [1.165, 1.54) is 4.68 Å². The van der Waals surface area contributed by atoms with Gasteiger partial charge in [0.2, 0.25) is 5.91 Å². The van der Waals surface area contributed by atoms with Crippen LogP contribution < -0.4 is 5.32 Å². The van der Waals surface area contributed by atoms with E-state index in [4.69, 9.17) is 4.74 Å². The zero-order valence-corrected chi connectivity index (χ0v) is 11.9. The van der Waals surface area contributed by atoms with Gasteiger partial charge in [0.25, 0.3) is 0 Å². The Hall–Kier alpha value is -2.70. The number of aromatic nitrogens is 3. The van der Waals surface area contributed by atoms with Gasteiger partial charge < -0.3 is 10.1 Å². The number of carbonyl (C=O) groups excluding carboxylic acids is 2. The van der Waals surface area contributed by atoms with Gasteiger partial charge in [-0.2, -0.15) is 0 Å². The van der Waals surface area contributed by atoms with E-state index in [0.29, 0.717) is 17.9 Å². The summed E-state index contributed by atoms with van der Waals surface area (Å²) in [6.07, 6.45) is 1.58. The Labute approximate surface area is 121 Å². The Kier molecular flexibility index (Phi) is 4.65. The maximum absolute atomic E-state index is 11.9. The predicted octanol–water partition coefficient (Wildman–Crippen LogP) is 1.40. The molecule has 110 valence electrons. The lowest BCUT2D eigenvalue weighted by Crippen LogP contribution is -2.20. The fourth-order valence-electron chi connectivity index (χ4n) is 1.71. The Morgan fingerprint density at radius 1 is 1.29 bits per heavy atom. The number of ether oxygens (including phenoxy) is 1. The SMILES string of the molecule is CCOC(=O)c1ccc(NC(=O)Cn2nncc2C)cc1. The third-order valence-corrected chi connectivity index (χ3v) is 2.78. The molecular formula is C14H16N4O3. The van der Waals surface area contributed by atoms with Gasteiger partial charge in [-0.15, -0.1) is 5.10 Å². The molecule has 0 saturated heterocycles. The number of aryl methyl sites for hydroxylation is 1. The third-order valence-electron chi connectivity index (χ3n) is 2.78. The highest BCUT2D eigenvalue weighted by Gasteiger charge is 2.08. The minimum absolute atomic E-state index is 0.0888. The molecule has 21 heavy (non-hydrogen) atoms. The summed E-state index contributed by atoms with van der Waals surface area (Å²) < 4.78 is 6.39. The summed E-state index contributed by atoms with van der Waals surface area (Å²) in [5, 5.41) is 10.2. The quantitative estimate of drug-likeness (QED) is 0.840. The molecule has 0 fully saturated rings. The van der Waals surface area contributed by atoms with Crippen LogP contribution in [0, 0.1) is 6.92 Å². The first-order chi connectivity index (χ1) is 10.1. The number of rotatable bonds is 5. The Morgan fingerprint density at radius 2 is 2.00 bits per heavy atom. The molecule has 7 heteroatoms.